The van der Waals surface area contributed by atoms with Gasteiger partial charge in [-0.15, -0.1) is 0 Å². The lowest BCUT2D eigenvalue weighted by atomic mass is 9.72. The molecule has 2 aliphatic carbocycles. The lowest BCUT2D eigenvalue weighted by molar-refractivity contribution is 0.311. The van der Waals surface area contributed by atoms with Crippen molar-refractivity contribution in [2.24, 2.45) is 18.2 Å². The van der Waals surface area contributed by atoms with E-state index in [1.165, 1.54) is 30.5 Å². The van der Waals surface area contributed by atoms with Crippen molar-refractivity contribution in [1.82, 2.24) is 9.78 Å². The van der Waals surface area contributed by atoms with E-state index in [4.69, 9.17) is 5.73 Å². The molecule has 2 unspecified atom stereocenters. The van der Waals surface area contributed by atoms with Gasteiger partial charge in [-0.2, -0.15) is 5.10 Å². The molecule has 3 rings (SSSR count). The van der Waals surface area contributed by atoms with Gasteiger partial charge in [0.1, 0.15) is 0 Å². The SMILES string of the molecule is CC(N)C1c2cn(C)nc2CCC12CC2. The van der Waals surface area contributed by atoms with Crippen LogP contribution in [0.2, 0.25) is 0 Å². The maximum Gasteiger partial charge on any atom is 0.0660 e. The van der Waals surface area contributed by atoms with E-state index < -0.39 is 0 Å². The van der Waals surface area contributed by atoms with E-state index in [-0.39, 0.29) is 6.04 Å². The molecule has 3 nitrogen and oxygen atoms in total. The molecule has 15 heavy (non-hydrogen) atoms. The van der Waals surface area contributed by atoms with Crippen molar-refractivity contribution < 1.29 is 0 Å². The number of nitrogens with two attached hydrogens (primary N) is 1. The predicted molar refractivity (Wildman–Crippen MR) is 59.6 cm³/mol. The van der Waals surface area contributed by atoms with Crippen LogP contribution in [0.5, 0.6) is 0 Å². The molecule has 0 aromatic carbocycles. The molecule has 82 valence electrons. The molecule has 1 spiro atoms. The molecule has 1 aromatic heterocycles. The van der Waals surface area contributed by atoms with Crippen molar-refractivity contribution in [1.29, 1.82) is 0 Å². The summed E-state index contributed by atoms with van der Waals surface area (Å²) in [4.78, 5) is 0. The van der Waals surface area contributed by atoms with Crippen molar-refractivity contribution in [3.05, 3.63) is 17.5 Å². The van der Waals surface area contributed by atoms with Crippen molar-refractivity contribution in [2.75, 3.05) is 0 Å². The molecule has 0 radical (unpaired) electrons. The molecule has 2 atom stereocenters. The molecule has 0 saturated heterocycles. The molecule has 2 N–H and O–H groups in total. The second-order valence-corrected chi connectivity index (χ2v) is 5.40. The van der Waals surface area contributed by atoms with E-state index in [0.717, 1.165) is 6.42 Å². The van der Waals surface area contributed by atoms with Crippen molar-refractivity contribution in [3.8, 4) is 0 Å². The molecular formula is C12H19N3. The first kappa shape index (κ1) is 9.40. The van der Waals surface area contributed by atoms with Crippen molar-refractivity contribution in [3.63, 3.8) is 0 Å². The molecule has 1 heterocycles. The topological polar surface area (TPSA) is 43.8 Å². The average Bonchev–Trinajstić information content (AvgIpc) is 2.80. The van der Waals surface area contributed by atoms with Gasteiger partial charge in [0.25, 0.3) is 0 Å². The quantitative estimate of drug-likeness (QED) is 0.756. The molecule has 2 aliphatic rings. The second-order valence-electron chi connectivity index (χ2n) is 5.40. The Kier molecular flexibility index (Phi) is 1.78. The first-order chi connectivity index (χ1) is 7.12. The Balaban J connectivity index is 2.07. The van der Waals surface area contributed by atoms with E-state index in [1.807, 2.05) is 11.7 Å². The highest BCUT2D eigenvalue weighted by Gasteiger charge is 2.53. The number of aryl methyl sites for hydroxylation is 2. The molecule has 0 bridgehead atoms. The van der Waals surface area contributed by atoms with Crippen molar-refractivity contribution >= 4 is 0 Å². The third-order valence-corrected chi connectivity index (χ3v) is 4.21. The van der Waals surface area contributed by atoms with Crippen LogP contribution in [0.3, 0.4) is 0 Å². The van der Waals surface area contributed by atoms with E-state index in [2.05, 4.69) is 18.2 Å². The van der Waals surface area contributed by atoms with Gasteiger partial charge >= 0.3 is 0 Å². The molecule has 3 heteroatoms. The Bertz CT molecular complexity index is 388. The van der Waals surface area contributed by atoms with Gasteiger partial charge in [-0.1, -0.05) is 0 Å². The van der Waals surface area contributed by atoms with Crippen LogP contribution in [-0.2, 0) is 13.5 Å². The van der Waals surface area contributed by atoms with Crippen LogP contribution in [0.4, 0.5) is 0 Å². The molecule has 1 saturated carbocycles. The summed E-state index contributed by atoms with van der Waals surface area (Å²) in [5.41, 5.74) is 9.43. The lowest BCUT2D eigenvalue weighted by Crippen LogP contribution is -2.34. The molecule has 0 amide bonds. The van der Waals surface area contributed by atoms with E-state index in [9.17, 15) is 0 Å². The van der Waals surface area contributed by atoms with Crippen LogP contribution in [0, 0.1) is 5.41 Å². The van der Waals surface area contributed by atoms with Crippen molar-refractivity contribution in [2.45, 2.75) is 44.6 Å². The summed E-state index contributed by atoms with van der Waals surface area (Å²) in [7, 11) is 2.01. The standard InChI is InChI=1S/C12H19N3/c1-8(13)11-9-7-15(2)14-10(9)3-4-12(11)5-6-12/h7-8,11H,3-6,13H2,1-2H3. The number of rotatable bonds is 1. The van der Waals surface area contributed by atoms with Crippen LogP contribution >= 0.6 is 0 Å². The Morgan fingerprint density at radius 2 is 2.27 bits per heavy atom. The van der Waals surface area contributed by atoms with Gasteiger partial charge in [0.2, 0.25) is 0 Å². The minimum absolute atomic E-state index is 0.260. The van der Waals surface area contributed by atoms with Crippen LogP contribution in [0.25, 0.3) is 0 Å². The highest BCUT2D eigenvalue weighted by molar-refractivity contribution is 5.32. The number of nitrogens with zero attached hydrogens (tertiary/aromatic N) is 2. The summed E-state index contributed by atoms with van der Waals surface area (Å²) >= 11 is 0. The summed E-state index contributed by atoms with van der Waals surface area (Å²) in [5, 5.41) is 4.54. The molecule has 0 aliphatic heterocycles. The lowest BCUT2D eigenvalue weighted by Gasteiger charge is -2.34. The first-order valence-corrected chi connectivity index (χ1v) is 5.90. The zero-order valence-electron chi connectivity index (χ0n) is 9.53. The number of fused-ring (bicyclic) bond motifs is 1. The van der Waals surface area contributed by atoms with Gasteiger partial charge < -0.3 is 5.73 Å². The number of aromatic nitrogens is 2. The van der Waals surface area contributed by atoms with Gasteiger partial charge in [-0.25, -0.2) is 0 Å². The Morgan fingerprint density at radius 1 is 1.53 bits per heavy atom. The van der Waals surface area contributed by atoms with E-state index in [0.29, 0.717) is 11.3 Å². The van der Waals surface area contributed by atoms with Gasteiger partial charge in [0, 0.05) is 25.2 Å². The monoisotopic (exact) mass is 205 g/mol. The van der Waals surface area contributed by atoms with E-state index >= 15 is 0 Å². The average molecular weight is 205 g/mol. The van der Waals surface area contributed by atoms with Gasteiger partial charge in [0.05, 0.1) is 5.69 Å². The van der Waals surface area contributed by atoms with Crippen LogP contribution in [0.15, 0.2) is 6.20 Å². The van der Waals surface area contributed by atoms with Crippen LogP contribution < -0.4 is 5.73 Å². The Labute approximate surface area is 90.7 Å². The minimum atomic E-state index is 0.260. The second kappa shape index (κ2) is 2.85. The predicted octanol–water partition coefficient (Wildman–Crippen LogP) is 1.58. The summed E-state index contributed by atoms with van der Waals surface area (Å²) in [6.07, 6.45) is 7.37. The molecular weight excluding hydrogens is 186 g/mol. The maximum absolute atomic E-state index is 6.17. The van der Waals surface area contributed by atoms with Gasteiger partial charge in [-0.3, -0.25) is 4.68 Å². The molecule has 1 fully saturated rings. The highest BCUT2D eigenvalue weighted by Crippen LogP contribution is 2.62. The minimum Gasteiger partial charge on any atom is -0.327 e. The summed E-state index contributed by atoms with van der Waals surface area (Å²) in [5.74, 6) is 0.551. The van der Waals surface area contributed by atoms with Crippen LogP contribution in [0.1, 0.15) is 43.4 Å². The summed E-state index contributed by atoms with van der Waals surface area (Å²) < 4.78 is 1.95. The zero-order chi connectivity index (χ0) is 10.6. The Morgan fingerprint density at radius 3 is 2.87 bits per heavy atom. The third kappa shape index (κ3) is 1.26. The summed E-state index contributed by atoms with van der Waals surface area (Å²) in [6.45, 7) is 2.15. The zero-order valence-corrected chi connectivity index (χ0v) is 9.53. The normalized spacial score (nSPS) is 28.9. The van der Waals surface area contributed by atoms with E-state index in [1.54, 1.807) is 0 Å². The fourth-order valence-electron chi connectivity index (χ4n) is 3.42. The van der Waals surface area contributed by atoms with Gasteiger partial charge in [0.15, 0.2) is 0 Å². The first-order valence-electron chi connectivity index (χ1n) is 5.90. The summed E-state index contributed by atoms with van der Waals surface area (Å²) in [6, 6.07) is 0.260. The Hall–Kier alpha value is -0.830. The number of hydrogen-bond acceptors (Lipinski definition) is 2. The smallest absolute Gasteiger partial charge is 0.0660 e. The van der Waals surface area contributed by atoms with Crippen LogP contribution in [-0.4, -0.2) is 15.8 Å². The fourth-order valence-corrected chi connectivity index (χ4v) is 3.42. The maximum atomic E-state index is 6.17. The highest BCUT2D eigenvalue weighted by atomic mass is 15.3. The van der Waals surface area contributed by atoms with Gasteiger partial charge in [-0.05, 0) is 43.6 Å². The third-order valence-electron chi connectivity index (χ3n) is 4.21. The largest absolute Gasteiger partial charge is 0.327 e. The molecule has 1 aromatic rings. The number of hydrogen-bond donors (Lipinski definition) is 1. The fraction of sp³-hybridized carbons (Fsp3) is 0.750.